The lowest BCUT2D eigenvalue weighted by Crippen LogP contribution is -2.63. The van der Waals surface area contributed by atoms with Gasteiger partial charge in [-0.15, -0.1) is 0 Å². The molecule has 2 heterocycles. The number of piperazine rings is 1. The van der Waals surface area contributed by atoms with Gasteiger partial charge in [0.1, 0.15) is 6.61 Å². The Balaban J connectivity index is 1.92. The molecular weight excluding hydrogens is 342 g/mol. The van der Waals surface area contributed by atoms with Crippen molar-refractivity contribution in [1.29, 1.82) is 0 Å². The number of hydrogen-bond donors (Lipinski definition) is 0. The Labute approximate surface area is 162 Å². The molecule has 0 radical (unpaired) electrons. The molecule has 1 aromatic rings. The fourth-order valence-electron chi connectivity index (χ4n) is 4.04. The van der Waals surface area contributed by atoms with Crippen LogP contribution in [0.25, 0.3) is 0 Å². The van der Waals surface area contributed by atoms with Gasteiger partial charge >= 0.3 is 0 Å². The Morgan fingerprint density at radius 1 is 1.19 bits per heavy atom. The molecule has 2 fully saturated rings. The zero-order chi connectivity index (χ0) is 19.8. The fraction of sp³-hybridized carbons (Fsp3) is 0.619. The first-order valence-corrected chi connectivity index (χ1v) is 9.70. The first-order valence-electron chi connectivity index (χ1n) is 9.70. The normalized spacial score (nSPS) is 26.5. The summed E-state index contributed by atoms with van der Waals surface area (Å²) in [5.41, 5.74) is 0.851. The first kappa shape index (κ1) is 19.8. The maximum atomic E-state index is 13.5. The molecule has 0 N–H and O–H groups in total. The summed E-state index contributed by atoms with van der Waals surface area (Å²) >= 11 is 0. The van der Waals surface area contributed by atoms with Gasteiger partial charge in [0.2, 0.25) is 5.91 Å². The number of hydrogen-bond acceptors (Lipinski definition) is 4. The molecule has 1 aromatic carbocycles. The second kappa shape index (κ2) is 7.60. The summed E-state index contributed by atoms with van der Waals surface area (Å²) < 4.78 is 5.85. The summed E-state index contributed by atoms with van der Waals surface area (Å²) in [6.07, 6.45) is -0.674. The minimum atomic E-state index is -0.674. The quantitative estimate of drug-likeness (QED) is 0.812. The predicted octanol–water partition coefficient (Wildman–Crippen LogP) is 1.92. The number of likely N-dealkylation sites (N-methyl/N-ethyl adjacent to an activating group) is 1. The molecule has 2 atom stereocenters. The van der Waals surface area contributed by atoms with E-state index in [1.54, 1.807) is 0 Å². The lowest BCUT2D eigenvalue weighted by Gasteiger charge is -2.48. The summed E-state index contributed by atoms with van der Waals surface area (Å²) in [7, 11) is 2.09. The van der Waals surface area contributed by atoms with Gasteiger partial charge in [0.25, 0.3) is 5.91 Å². The number of rotatable bonds is 3. The van der Waals surface area contributed by atoms with Crippen molar-refractivity contribution in [3.05, 3.63) is 35.9 Å². The van der Waals surface area contributed by atoms with E-state index in [0.717, 1.165) is 12.1 Å². The van der Waals surface area contributed by atoms with Gasteiger partial charge in [-0.3, -0.25) is 14.5 Å². The van der Waals surface area contributed by atoms with Crippen molar-refractivity contribution < 1.29 is 14.3 Å². The monoisotopic (exact) mass is 373 g/mol. The van der Waals surface area contributed by atoms with Crippen LogP contribution in [0.15, 0.2) is 30.3 Å². The number of ether oxygens (including phenoxy) is 1. The van der Waals surface area contributed by atoms with Crippen LogP contribution >= 0.6 is 0 Å². The van der Waals surface area contributed by atoms with Gasteiger partial charge in [0.15, 0.2) is 6.10 Å². The van der Waals surface area contributed by atoms with Crippen LogP contribution < -0.4 is 0 Å². The molecule has 0 aromatic heterocycles. The van der Waals surface area contributed by atoms with Crippen LogP contribution in [0.5, 0.6) is 0 Å². The molecule has 2 amide bonds. The third-order valence-corrected chi connectivity index (χ3v) is 5.83. The average Bonchev–Trinajstić information content (AvgIpc) is 2.63. The Kier molecular flexibility index (Phi) is 5.58. The van der Waals surface area contributed by atoms with Crippen LogP contribution in [0.4, 0.5) is 0 Å². The zero-order valence-corrected chi connectivity index (χ0v) is 17.0. The lowest BCUT2D eigenvalue weighted by atomic mass is 9.94. The Hall–Kier alpha value is -1.92. The van der Waals surface area contributed by atoms with E-state index >= 15 is 0 Å². The van der Waals surface area contributed by atoms with Crippen LogP contribution in [0.3, 0.4) is 0 Å². The smallest absolute Gasteiger partial charge is 0.254 e. The van der Waals surface area contributed by atoms with Crippen LogP contribution in [-0.4, -0.2) is 77.5 Å². The van der Waals surface area contributed by atoms with E-state index in [-0.39, 0.29) is 30.0 Å². The van der Waals surface area contributed by atoms with E-state index in [4.69, 9.17) is 4.74 Å². The number of morpholine rings is 1. The summed E-state index contributed by atoms with van der Waals surface area (Å²) in [6, 6.07) is 9.34. The van der Waals surface area contributed by atoms with E-state index < -0.39 is 12.1 Å². The maximum Gasteiger partial charge on any atom is 0.254 e. The summed E-state index contributed by atoms with van der Waals surface area (Å²) in [6.45, 7) is 10.4. The topological polar surface area (TPSA) is 53.1 Å². The van der Waals surface area contributed by atoms with Gasteiger partial charge < -0.3 is 14.5 Å². The minimum absolute atomic E-state index is 0.00848. The molecule has 3 rings (SSSR count). The minimum Gasteiger partial charge on any atom is -0.356 e. The van der Waals surface area contributed by atoms with Crippen LogP contribution in [-0.2, 0) is 14.3 Å². The van der Waals surface area contributed by atoms with Gasteiger partial charge in [-0.25, -0.2) is 0 Å². The second-order valence-corrected chi connectivity index (χ2v) is 8.48. The molecule has 0 spiro atoms. The molecular formula is C21H31N3O3. The van der Waals surface area contributed by atoms with Crippen molar-refractivity contribution >= 4 is 11.8 Å². The highest BCUT2D eigenvalue weighted by atomic mass is 16.5. The Bertz CT molecular complexity index is 689. The number of benzene rings is 1. The number of carbonyl (C=O) groups excluding carboxylic acids is 2. The van der Waals surface area contributed by atoms with E-state index in [1.165, 1.54) is 0 Å². The molecule has 6 heteroatoms. The number of amides is 2. The molecule has 0 aliphatic carbocycles. The van der Waals surface area contributed by atoms with E-state index in [9.17, 15) is 9.59 Å². The molecule has 2 saturated heterocycles. The molecule has 148 valence electrons. The number of nitrogens with zero attached hydrogens (tertiary/aromatic N) is 3. The highest BCUT2D eigenvalue weighted by Gasteiger charge is 2.45. The predicted molar refractivity (Wildman–Crippen MR) is 104 cm³/mol. The fourth-order valence-corrected chi connectivity index (χ4v) is 4.04. The third-order valence-electron chi connectivity index (χ3n) is 5.83. The zero-order valence-electron chi connectivity index (χ0n) is 17.0. The molecule has 2 aliphatic heterocycles. The maximum absolute atomic E-state index is 13.5. The Morgan fingerprint density at radius 2 is 1.85 bits per heavy atom. The average molecular weight is 373 g/mol. The molecule has 0 unspecified atom stereocenters. The van der Waals surface area contributed by atoms with Gasteiger partial charge in [0, 0.05) is 31.2 Å². The summed E-state index contributed by atoms with van der Waals surface area (Å²) in [5, 5.41) is 0. The van der Waals surface area contributed by atoms with Crippen molar-refractivity contribution in [2.45, 2.75) is 51.4 Å². The highest BCUT2D eigenvalue weighted by molar-refractivity contribution is 5.86. The molecule has 6 nitrogen and oxygen atoms in total. The van der Waals surface area contributed by atoms with E-state index in [1.807, 2.05) is 54.0 Å². The highest BCUT2D eigenvalue weighted by Crippen LogP contribution is 2.33. The van der Waals surface area contributed by atoms with Crippen molar-refractivity contribution in [1.82, 2.24) is 14.7 Å². The van der Waals surface area contributed by atoms with E-state index in [0.29, 0.717) is 13.1 Å². The van der Waals surface area contributed by atoms with Crippen molar-refractivity contribution in [3.8, 4) is 0 Å². The number of carbonyl (C=O) groups is 2. The van der Waals surface area contributed by atoms with Gasteiger partial charge in [-0.1, -0.05) is 30.3 Å². The molecule has 0 bridgehead atoms. The van der Waals surface area contributed by atoms with Gasteiger partial charge in [0.05, 0.1) is 6.04 Å². The van der Waals surface area contributed by atoms with Gasteiger partial charge in [-0.2, -0.15) is 0 Å². The summed E-state index contributed by atoms with van der Waals surface area (Å²) in [4.78, 5) is 32.0. The lowest BCUT2D eigenvalue weighted by molar-refractivity contribution is -0.174. The Morgan fingerprint density at radius 3 is 2.44 bits per heavy atom. The third kappa shape index (κ3) is 3.87. The van der Waals surface area contributed by atoms with Crippen LogP contribution in [0.2, 0.25) is 0 Å². The first-order chi connectivity index (χ1) is 12.7. The van der Waals surface area contributed by atoms with Crippen LogP contribution in [0.1, 0.15) is 39.3 Å². The van der Waals surface area contributed by atoms with Crippen molar-refractivity contribution in [2.75, 3.05) is 33.3 Å². The van der Waals surface area contributed by atoms with E-state index in [2.05, 4.69) is 25.8 Å². The largest absolute Gasteiger partial charge is 0.356 e. The molecule has 27 heavy (non-hydrogen) atoms. The SMILES string of the molecule is CC(C)N1C(=O)CO[C@H](C(=O)N2CCN(C)C(C)(C)C2)[C@H]1c1ccccc1. The molecule has 0 saturated carbocycles. The van der Waals surface area contributed by atoms with Crippen molar-refractivity contribution in [2.24, 2.45) is 0 Å². The molecule has 2 aliphatic rings. The van der Waals surface area contributed by atoms with Gasteiger partial charge in [-0.05, 0) is 40.3 Å². The van der Waals surface area contributed by atoms with Crippen molar-refractivity contribution in [3.63, 3.8) is 0 Å². The summed E-state index contributed by atoms with van der Waals surface area (Å²) in [5.74, 6) is -0.0928. The standard InChI is InChI=1S/C21H31N3O3/c1-15(2)24-17(25)13-27-19(18(24)16-9-7-6-8-10-16)20(26)23-12-11-22(5)21(3,4)14-23/h6-10,15,18-19H,11-14H2,1-5H3/t18-,19+/m1/s1. The van der Waals surface area contributed by atoms with Crippen LogP contribution in [0, 0.1) is 0 Å². The second-order valence-electron chi connectivity index (χ2n) is 8.48.